The Morgan fingerprint density at radius 3 is 2.36 bits per heavy atom. The molecule has 1 amide bonds. The lowest BCUT2D eigenvalue weighted by Crippen LogP contribution is -2.46. The summed E-state index contributed by atoms with van der Waals surface area (Å²) in [5.74, 6) is -0.341. The maximum Gasteiger partial charge on any atom is 0.309 e. The molecule has 1 heterocycles. The van der Waals surface area contributed by atoms with E-state index in [-0.39, 0.29) is 28.4 Å². The van der Waals surface area contributed by atoms with Crippen LogP contribution in [0.5, 0.6) is 5.75 Å². The molecule has 2 aromatic carbocycles. The molecule has 1 aliphatic rings. The molecule has 3 rings (SSSR count). The Morgan fingerprint density at radius 1 is 1.12 bits per heavy atom. The summed E-state index contributed by atoms with van der Waals surface area (Å²) in [7, 11) is -2.57. The zero-order valence-corrected chi connectivity index (χ0v) is 20.1. The van der Waals surface area contributed by atoms with Gasteiger partial charge in [-0.1, -0.05) is 17.7 Å². The van der Waals surface area contributed by atoms with Gasteiger partial charge in [-0.15, -0.1) is 0 Å². The highest BCUT2D eigenvalue weighted by molar-refractivity contribution is 7.92. The number of amides is 1. The zero-order chi connectivity index (χ0) is 24.0. The highest BCUT2D eigenvalue weighted by atomic mass is 35.5. The molecule has 0 spiro atoms. The third-order valence-electron chi connectivity index (χ3n) is 5.49. The lowest BCUT2D eigenvalue weighted by Gasteiger charge is -2.33. The van der Waals surface area contributed by atoms with Crippen molar-refractivity contribution in [3.63, 3.8) is 0 Å². The van der Waals surface area contributed by atoms with Gasteiger partial charge in [0, 0.05) is 18.1 Å². The van der Waals surface area contributed by atoms with Crippen LogP contribution >= 0.6 is 11.6 Å². The molecule has 2 aromatic rings. The van der Waals surface area contributed by atoms with Crippen LogP contribution in [0.15, 0.2) is 53.4 Å². The lowest BCUT2D eigenvalue weighted by molar-refractivity contribution is -0.151. The van der Waals surface area contributed by atoms with E-state index in [9.17, 15) is 18.0 Å². The van der Waals surface area contributed by atoms with Crippen molar-refractivity contribution >= 4 is 39.2 Å². The molecule has 0 saturated carbocycles. The van der Waals surface area contributed by atoms with Crippen molar-refractivity contribution in [1.29, 1.82) is 0 Å². The number of esters is 1. The number of ether oxygens (including phenoxy) is 2. The number of likely N-dealkylation sites (tertiary alicyclic amines) is 1. The van der Waals surface area contributed by atoms with Crippen LogP contribution in [0.1, 0.15) is 19.8 Å². The fourth-order valence-corrected chi connectivity index (χ4v) is 5.26. The minimum Gasteiger partial charge on any atom is -0.497 e. The van der Waals surface area contributed by atoms with E-state index in [1.165, 1.54) is 25.3 Å². The molecule has 8 nitrogen and oxygen atoms in total. The van der Waals surface area contributed by atoms with Crippen LogP contribution in [0.4, 0.5) is 5.69 Å². The molecular weight excluding hydrogens is 468 g/mol. The predicted molar refractivity (Wildman–Crippen MR) is 125 cm³/mol. The van der Waals surface area contributed by atoms with Crippen LogP contribution in [-0.2, 0) is 24.3 Å². The second-order valence-corrected chi connectivity index (χ2v) is 9.87. The maximum atomic E-state index is 13.5. The Morgan fingerprint density at radius 2 is 1.79 bits per heavy atom. The summed E-state index contributed by atoms with van der Waals surface area (Å²) >= 11 is 6.10. The van der Waals surface area contributed by atoms with Crippen LogP contribution in [0, 0.1) is 5.92 Å². The second kappa shape index (κ2) is 10.9. The molecule has 0 atom stereocenters. The molecule has 1 aliphatic heterocycles. The van der Waals surface area contributed by atoms with Crippen molar-refractivity contribution in [2.24, 2.45) is 5.92 Å². The molecule has 0 bridgehead atoms. The van der Waals surface area contributed by atoms with Crippen LogP contribution in [-0.4, -0.2) is 58.5 Å². The summed E-state index contributed by atoms with van der Waals surface area (Å²) in [6.45, 7) is 2.39. The minimum atomic E-state index is -4.06. The number of carbonyl (C=O) groups is 2. The second-order valence-electron chi connectivity index (χ2n) is 7.57. The molecule has 1 fully saturated rings. The normalized spacial score (nSPS) is 14.6. The fraction of sp³-hybridized carbons (Fsp3) is 0.391. The van der Waals surface area contributed by atoms with Gasteiger partial charge in [0.05, 0.1) is 30.2 Å². The van der Waals surface area contributed by atoms with E-state index in [2.05, 4.69) is 0 Å². The molecule has 0 aromatic heterocycles. The third-order valence-corrected chi connectivity index (χ3v) is 7.51. The Bertz CT molecular complexity index is 1080. The topological polar surface area (TPSA) is 93.2 Å². The number of nitrogens with zero attached hydrogens (tertiary/aromatic N) is 2. The van der Waals surface area contributed by atoms with Gasteiger partial charge >= 0.3 is 5.97 Å². The standard InChI is InChI=1S/C23H27ClN2O6S/c1-3-32-23(28)17-11-13-25(14-12-17)22(27)16-26(19-6-4-5-18(24)15-19)33(29,30)21-9-7-20(31-2)8-10-21/h4-10,15,17H,3,11-14,16H2,1-2H3. The molecule has 0 aliphatic carbocycles. The van der Waals surface area contributed by atoms with E-state index in [0.717, 1.165) is 4.31 Å². The number of hydrogen-bond donors (Lipinski definition) is 0. The maximum absolute atomic E-state index is 13.5. The van der Waals surface area contributed by atoms with Gasteiger partial charge in [0.25, 0.3) is 10.0 Å². The summed E-state index contributed by atoms with van der Waals surface area (Å²) in [4.78, 5) is 26.7. The molecule has 0 radical (unpaired) electrons. The van der Waals surface area contributed by atoms with Crippen LogP contribution in [0.2, 0.25) is 5.02 Å². The number of sulfonamides is 1. The van der Waals surface area contributed by atoms with E-state index in [1.54, 1.807) is 42.2 Å². The molecule has 10 heteroatoms. The van der Waals surface area contributed by atoms with Crippen LogP contribution < -0.4 is 9.04 Å². The molecular formula is C23H27ClN2O6S. The van der Waals surface area contributed by atoms with E-state index in [0.29, 0.717) is 43.3 Å². The van der Waals surface area contributed by atoms with Gasteiger partial charge in [-0.2, -0.15) is 0 Å². The Balaban J connectivity index is 1.82. The third kappa shape index (κ3) is 5.97. The minimum absolute atomic E-state index is 0.0251. The average Bonchev–Trinajstić information content (AvgIpc) is 2.82. The van der Waals surface area contributed by atoms with E-state index < -0.39 is 16.6 Å². The van der Waals surface area contributed by atoms with Gasteiger partial charge in [-0.25, -0.2) is 8.42 Å². The van der Waals surface area contributed by atoms with Crippen molar-refractivity contribution in [3.8, 4) is 5.75 Å². The van der Waals surface area contributed by atoms with Crippen molar-refractivity contribution < 1.29 is 27.5 Å². The average molecular weight is 495 g/mol. The SMILES string of the molecule is CCOC(=O)C1CCN(C(=O)CN(c2cccc(Cl)c2)S(=O)(=O)c2ccc(OC)cc2)CC1. The number of anilines is 1. The molecule has 33 heavy (non-hydrogen) atoms. The molecule has 1 saturated heterocycles. The number of carbonyl (C=O) groups excluding carboxylic acids is 2. The highest BCUT2D eigenvalue weighted by Crippen LogP contribution is 2.28. The van der Waals surface area contributed by atoms with E-state index >= 15 is 0 Å². The number of methoxy groups -OCH3 is 1. The van der Waals surface area contributed by atoms with Crippen LogP contribution in [0.3, 0.4) is 0 Å². The molecule has 0 N–H and O–H groups in total. The first kappa shape index (κ1) is 24.9. The van der Waals surface area contributed by atoms with Gasteiger partial charge in [-0.3, -0.25) is 13.9 Å². The molecule has 0 unspecified atom stereocenters. The van der Waals surface area contributed by atoms with Gasteiger partial charge in [0.1, 0.15) is 12.3 Å². The van der Waals surface area contributed by atoms with Gasteiger partial charge in [-0.05, 0) is 62.2 Å². The van der Waals surface area contributed by atoms with Crippen LogP contribution in [0.25, 0.3) is 0 Å². The fourth-order valence-electron chi connectivity index (χ4n) is 3.67. The molecule has 178 valence electrons. The van der Waals surface area contributed by atoms with E-state index in [4.69, 9.17) is 21.1 Å². The number of rotatable bonds is 8. The highest BCUT2D eigenvalue weighted by Gasteiger charge is 2.32. The largest absolute Gasteiger partial charge is 0.497 e. The summed E-state index contributed by atoms with van der Waals surface area (Å²) in [5.41, 5.74) is 0.285. The first-order chi connectivity index (χ1) is 15.8. The summed E-state index contributed by atoms with van der Waals surface area (Å²) in [5, 5.41) is 0.352. The number of hydrogen-bond acceptors (Lipinski definition) is 6. The first-order valence-electron chi connectivity index (χ1n) is 10.6. The van der Waals surface area contributed by atoms with Crippen molar-refractivity contribution in [3.05, 3.63) is 53.6 Å². The predicted octanol–water partition coefficient (Wildman–Crippen LogP) is 3.35. The monoisotopic (exact) mass is 494 g/mol. The van der Waals surface area contributed by atoms with E-state index in [1.807, 2.05) is 0 Å². The lowest BCUT2D eigenvalue weighted by atomic mass is 9.97. The van der Waals surface area contributed by atoms with Crippen molar-refractivity contribution in [2.45, 2.75) is 24.7 Å². The van der Waals surface area contributed by atoms with Gasteiger partial charge in [0.2, 0.25) is 5.91 Å². The number of piperidine rings is 1. The summed E-state index contributed by atoms with van der Waals surface area (Å²) in [6, 6.07) is 12.3. The van der Waals surface area contributed by atoms with Gasteiger partial charge < -0.3 is 14.4 Å². The first-order valence-corrected chi connectivity index (χ1v) is 12.4. The van der Waals surface area contributed by atoms with Crippen molar-refractivity contribution in [2.75, 3.05) is 37.7 Å². The smallest absolute Gasteiger partial charge is 0.309 e. The zero-order valence-electron chi connectivity index (χ0n) is 18.6. The van der Waals surface area contributed by atoms with Gasteiger partial charge in [0.15, 0.2) is 0 Å². The number of halogens is 1. The summed E-state index contributed by atoms with van der Waals surface area (Å²) in [6.07, 6.45) is 0.958. The summed E-state index contributed by atoms with van der Waals surface area (Å²) < 4.78 is 38.2. The quantitative estimate of drug-likeness (QED) is 0.522. The number of benzene rings is 2. The Kier molecular flexibility index (Phi) is 8.20. The Labute approximate surface area is 199 Å². The van der Waals surface area contributed by atoms with Crippen molar-refractivity contribution in [1.82, 2.24) is 4.90 Å². The Hall–Kier alpha value is -2.78.